The van der Waals surface area contributed by atoms with Gasteiger partial charge in [0.1, 0.15) is 11.1 Å². The first kappa shape index (κ1) is 20.7. The topological polar surface area (TPSA) is 194 Å². The molecular formula is C17H25N7O5. The van der Waals surface area contributed by atoms with Gasteiger partial charge in [0.25, 0.3) is 0 Å². The Hall–Kier alpha value is -2.99. The highest BCUT2D eigenvalue weighted by Gasteiger charge is 2.43. The van der Waals surface area contributed by atoms with E-state index in [0.717, 1.165) is 0 Å². The number of aromatic nitrogens is 4. The smallest absolute Gasteiger partial charge is 0.303 e. The molecule has 3 rings (SSSR count). The van der Waals surface area contributed by atoms with Crippen molar-refractivity contribution in [1.29, 1.82) is 0 Å². The van der Waals surface area contributed by atoms with Crippen LogP contribution < -0.4 is 11.5 Å². The first-order valence-electron chi connectivity index (χ1n) is 9.22. The van der Waals surface area contributed by atoms with Gasteiger partial charge in [-0.1, -0.05) is 0 Å². The molecule has 0 radical (unpaired) electrons. The summed E-state index contributed by atoms with van der Waals surface area (Å²) in [6.07, 6.45) is 0.839. The Balaban J connectivity index is 1.70. The molecule has 2 aromatic rings. The third kappa shape index (κ3) is 4.22. The summed E-state index contributed by atoms with van der Waals surface area (Å²) in [5.74, 6) is -1.24. The van der Waals surface area contributed by atoms with Crippen LogP contribution in [0.15, 0.2) is 6.33 Å². The average Bonchev–Trinajstić information content (AvgIpc) is 3.04. The number of nitrogens with zero attached hydrogens (tertiary/aromatic N) is 5. The Kier molecular flexibility index (Phi) is 5.57. The molecule has 3 atom stereocenters. The number of carbonyl (C=O) groups is 2. The number of nitrogen functional groups attached to an aromatic ring is 2. The van der Waals surface area contributed by atoms with E-state index in [-0.39, 0.29) is 55.9 Å². The van der Waals surface area contributed by atoms with Crippen molar-refractivity contribution in [3.05, 3.63) is 6.33 Å². The van der Waals surface area contributed by atoms with Crippen LogP contribution in [0.25, 0.3) is 11.2 Å². The third-order valence-electron chi connectivity index (χ3n) is 5.47. The molecule has 12 heteroatoms. The fourth-order valence-electron chi connectivity index (χ4n) is 3.70. The van der Waals surface area contributed by atoms with Gasteiger partial charge in [-0.15, -0.1) is 0 Å². The number of hydrogen-bond acceptors (Lipinski definition) is 9. The number of aliphatic carboxylic acids is 1. The van der Waals surface area contributed by atoms with Crippen molar-refractivity contribution in [1.82, 2.24) is 24.4 Å². The lowest BCUT2D eigenvalue weighted by molar-refractivity contribution is -0.146. The second-order valence-electron chi connectivity index (χ2n) is 7.46. The molecule has 0 aromatic carbocycles. The van der Waals surface area contributed by atoms with Crippen LogP contribution in [0.1, 0.15) is 32.1 Å². The monoisotopic (exact) mass is 407 g/mol. The summed E-state index contributed by atoms with van der Waals surface area (Å²) in [6.45, 7) is 0.0178. The molecule has 1 amide bonds. The molecule has 29 heavy (non-hydrogen) atoms. The number of aliphatic hydroxyl groups excluding tert-OH is 1. The zero-order valence-electron chi connectivity index (χ0n) is 16.0. The quantitative estimate of drug-likeness (QED) is 0.394. The molecule has 2 heterocycles. The van der Waals surface area contributed by atoms with Crippen LogP contribution in [0.5, 0.6) is 0 Å². The van der Waals surface area contributed by atoms with E-state index in [4.69, 9.17) is 16.6 Å². The molecule has 158 valence electrons. The molecule has 2 aromatic heterocycles. The van der Waals surface area contributed by atoms with E-state index in [1.54, 1.807) is 11.6 Å². The van der Waals surface area contributed by atoms with Gasteiger partial charge < -0.3 is 36.3 Å². The van der Waals surface area contributed by atoms with Crippen LogP contribution in [-0.2, 0) is 16.1 Å². The van der Waals surface area contributed by atoms with Crippen molar-refractivity contribution >= 4 is 34.8 Å². The number of rotatable bonds is 6. The number of anilines is 2. The molecule has 1 aliphatic carbocycles. The highest BCUT2D eigenvalue weighted by Crippen LogP contribution is 2.33. The predicted octanol–water partition coefficient (Wildman–Crippen LogP) is -1.04. The van der Waals surface area contributed by atoms with Crippen LogP contribution in [-0.4, -0.2) is 76.4 Å². The minimum atomic E-state index is -1.45. The van der Waals surface area contributed by atoms with Gasteiger partial charge in [0.05, 0.1) is 25.4 Å². The predicted molar refractivity (Wildman–Crippen MR) is 102 cm³/mol. The van der Waals surface area contributed by atoms with Crippen molar-refractivity contribution in [2.75, 3.05) is 18.5 Å². The van der Waals surface area contributed by atoms with Crippen LogP contribution in [0.2, 0.25) is 0 Å². The lowest BCUT2D eigenvalue weighted by atomic mass is 9.79. The molecule has 0 saturated heterocycles. The number of carboxylic acids is 1. The first-order chi connectivity index (χ1) is 13.6. The van der Waals surface area contributed by atoms with E-state index in [1.807, 2.05) is 0 Å². The second kappa shape index (κ2) is 7.79. The minimum Gasteiger partial charge on any atom is -0.481 e. The molecule has 12 nitrogen and oxygen atoms in total. The molecular weight excluding hydrogens is 382 g/mol. The molecule has 1 fully saturated rings. The van der Waals surface area contributed by atoms with Crippen LogP contribution in [0.4, 0.5) is 11.8 Å². The van der Waals surface area contributed by atoms with Crippen molar-refractivity contribution in [3.8, 4) is 0 Å². The summed E-state index contributed by atoms with van der Waals surface area (Å²) in [5.41, 5.74) is 10.7. The average molecular weight is 407 g/mol. The van der Waals surface area contributed by atoms with Crippen LogP contribution >= 0.6 is 0 Å². The van der Waals surface area contributed by atoms with Crippen molar-refractivity contribution in [2.45, 2.75) is 56.4 Å². The van der Waals surface area contributed by atoms with E-state index in [2.05, 4.69) is 15.0 Å². The Labute approximate surface area is 166 Å². The maximum Gasteiger partial charge on any atom is 0.303 e. The summed E-state index contributed by atoms with van der Waals surface area (Å²) >= 11 is 0. The van der Waals surface area contributed by atoms with Crippen molar-refractivity contribution in [3.63, 3.8) is 0 Å². The number of carbonyl (C=O) groups excluding carboxylic acids is 1. The highest BCUT2D eigenvalue weighted by molar-refractivity contribution is 5.82. The number of amides is 1. The zero-order chi connectivity index (χ0) is 21.3. The lowest BCUT2D eigenvalue weighted by Crippen LogP contribution is -2.54. The molecule has 0 bridgehead atoms. The maximum absolute atomic E-state index is 12.1. The van der Waals surface area contributed by atoms with E-state index in [1.165, 1.54) is 11.2 Å². The SMILES string of the molecule is CN(C(=O)CCC(=O)O)[C@H]1CC[C@@](O)(Cn2cnc3c(N)nc(N)nc32)[C@H](O)C1. The van der Waals surface area contributed by atoms with E-state index in [9.17, 15) is 19.8 Å². The molecule has 7 N–H and O–H groups in total. The Morgan fingerprint density at radius 3 is 2.72 bits per heavy atom. The van der Waals surface area contributed by atoms with Gasteiger partial charge >= 0.3 is 5.97 Å². The highest BCUT2D eigenvalue weighted by atomic mass is 16.4. The van der Waals surface area contributed by atoms with Gasteiger partial charge in [0.2, 0.25) is 11.9 Å². The van der Waals surface area contributed by atoms with Crippen LogP contribution in [0, 0.1) is 0 Å². The van der Waals surface area contributed by atoms with Crippen molar-refractivity contribution < 1.29 is 24.9 Å². The summed E-state index contributed by atoms with van der Waals surface area (Å²) in [5, 5.41) is 30.4. The summed E-state index contributed by atoms with van der Waals surface area (Å²) < 4.78 is 1.56. The first-order valence-corrected chi connectivity index (χ1v) is 9.22. The zero-order valence-corrected chi connectivity index (χ0v) is 16.0. The number of nitrogens with two attached hydrogens (primary N) is 2. The Bertz CT molecular complexity index is 932. The number of fused-ring (bicyclic) bond motifs is 1. The van der Waals surface area contributed by atoms with Gasteiger partial charge in [0, 0.05) is 19.5 Å². The largest absolute Gasteiger partial charge is 0.481 e. The van der Waals surface area contributed by atoms with Crippen LogP contribution in [0.3, 0.4) is 0 Å². The molecule has 0 aliphatic heterocycles. The number of imidazole rings is 1. The molecule has 1 aliphatic rings. The standard InChI is InChI=1S/C17H25N7O5/c1-23(11(26)2-3-12(27)28)9-4-5-17(29,10(25)6-9)7-24-8-20-13-14(18)21-16(19)22-15(13)24/h8-10,25,29H,2-7H2,1H3,(H,27,28)(H4,18,19,21,22)/t9-,10+,17+/m0/s1. The normalized spacial score (nSPS) is 24.5. The van der Waals surface area contributed by atoms with E-state index < -0.39 is 17.7 Å². The molecule has 1 saturated carbocycles. The van der Waals surface area contributed by atoms with Gasteiger partial charge in [-0.05, 0) is 19.3 Å². The van der Waals surface area contributed by atoms with Gasteiger partial charge in [-0.25, -0.2) is 4.98 Å². The summed E-state index contributed by atoms with van der Waals surface area (Å²) in [4.78, 5) is 36.4. The minimum absolute atomic E-state index is 0.0178. The fourth-order valence-corrected chi connectivity index (χ4v) is 3.70. The maximum atomic E-state index is 12.1. The second-order valence-corrected chi connectivity index (χ2v) is 7.46. The molecule has 0 unspecified atom stereocenters. The summed E-state index contributed by atoms with van der Waals surface area (Å²) in [6, 6.07) is -0.292. The Morgan fingerprint density at radius 1 is 1.34 bits per heavy atom. The van der Waals surface area contributed by atoms with E-state index >= 15 is 0 Å². The number of hydrogen-bond donors (Lipinski definition) is 5. The van der Waals surface area contributed by atoms with Gasteiger partial charge in [-0.3, -0.25) is 9.59 Å². The van der Waals surface area contributed by atoms with Gasteiger partial charge in [-0.2, -0.15) is 9.97 Å². The fraction of sp³-hybridized carbons (Fsp3) is 0.588. The summed E-state index contributed by atoms with van der Waals surface area (Å²) in [7, 11) is 1.58. The Morgan fingerprint density at radius 2 is 2.07 bits per heavy atom. The lowest BCUT2D eigenvalue weighted by Gasteiger charge is -2.43. The molecule has 0 spiro atoms. The number of aliphatic hydroxyl groups is 2. The van der Waals surface area contributed by atoms with Gasteiger partial charge in [0.15, 0.2) is 11.5 Å². The van der Waals surface area contributed by atoms with E-state index in [0.29, 0.717) is 17.6 Å². The van der Waals surface area contributed by atoms with Crippen molar-refractivity contribution in [2.24, 2.45) is 0 Å². The third-order valence-corrected chi connectivity index (χ3v) is 5.47. The number of carboxylic acid groups (broad SMARTS) is 1.